The molecule has 1 fully saturated rings. The maximum Gasteiger partial charge on any atom is 0.217 e. The van der Waals surface area contributed by atoms with Gasteiger partial charge in [-0.3, -0.25) is 4.79 Å². The normalized spacial score (nSPS) is 47.1. The molecule has 1 heterocycles. The number of aliphatic hydroxyl groups is 3. The smallest absolute Gasteiger partial charge is 0.217 e. The summed E-state index contributed by atoms with van der Waals surface area (Å²) in [6, 6.07) is 0. The monoisotopic (exact) mass is 220 g/mol. The van der Waals surface area contributed by atoms with Crippen molar-refractivity contribution in [2.75, 3.05) is 6.61 Å². The Morgan fingerprint density at radius 2 is 2.33 bits per heavy atom. The van der Waals surface area contributed by atoms with Gasteiger partial charge in [-0.25, -0.2) is 0 Å². The van der Waals surface area contributed by atoms with Gasteiger partial charge in [-0.15, -0.1) is 0 Å². The molecular weight excluding hydrogens is 202 g/mol. The van der Waals surface area contributed by atoms with Gasteiger partial charge in [0.15, 0.2) is 6.27 Å². The van der Waals surface area contributed by atoms with Crippen molar-refractivity contribution in [3.05, 3.63) is 0 Å². The molecule has 15 heavy (non-hydrogen) atoms. The Bertz CT molecular complexity index is 285. The average molecular weight is 220 g/mol. The molecule has 0 aromatic rings. The molecule has 0 saturated carbocycles. The summed E-state index contributed by atoms with van der Waals surface area (Å²) >= 11 is 0. The van der Waals surface area contributed by atoms with E-state index in [1.54, 1.807) is 0 Å². The number of aliphatic hydroxyl groups excluding tert-OH is 2. The summed E-state index contributed by atoms with van der Waals surface area (Å²) in [6.45, 7) is 2.14. The van der Waals surface area contributed by atoms with Crippen LogP contribution in [0.25, 0.3) is 0 Å². The Hall–Kier alpha value is -0.690. The molecule has 1 amide bonds. The van der Waals surface area contributed by atoms with Crippen molar-refractivity contribution < 1.29 is 26.2 Å². The number of carbonyl (C=O) groups excluding carboxylic acids is 1. The molecule has 4 atom stereocenters. The van der Waals surface area contributed by atoms with E-state index in [0.29, 0.717) is 0 Å². The third-order valence-electron chi connectivity index (χ3n) is 2.41. The highest BCUT2D eigenvalue weighted by Crippen LogP contribution is 2.27. The largest absolute Gasteiger partial charge is 0.394 e. The van der Waals surface area contributed by atoms with Gasteiger partial charge in [-0.1, -0.05) is 0 Å². The van der Waals surface area contributed by atoms with Crippen LogP contribution in [-0.4, -0.2) is 51.8 Å². The molecule has 6 nitrogen and oxygen atoms in total. The summed E-state index contributed by atoms with van der Waals surface area (Å²) < 4.78 is 12.5. The zero-order valence-electron chi connectivity index (χ0n) is 9.73. The van der Waals surface area contributed by atoms with Gasteiger partial charge in [0.25, 0.3) is 0 Å². The van der Waals surface area contributed by atoms with Crippen LogP contribution in [0.5, 0.6) is 0 Å². The van der Waals surface area contributed by atoms with Crippen molar-refractivity contribution in [1.82, 2.24) is 5.32 Å². The first kappa shape index (κ1) is 10.8. The van der Waals surface area contributed by atoms with Crippen LogP contribution in [-0.2, 0) is 9.53 Å². The lowest BCUT2D eigenvalue weighted by atomic mass is 9.88. The topological polar surface area (TPSA) is 99.0 Å². The number of carbonyl (C=O) groups is 1. The lowest BCUT2D eigenvalue weighted by molar-refractivity contribution is -0.244. The second-order valence-corrected chi connectivity index (χ2v) is 3.93. The second-order valence-electron chi connectivity index (χ2n) is 3.93. The number of amides is 1. The molecular formula is C9H17NO5. The number of rotatable bonds is 2. The molecule has 0 spiro atoms. The fraction of sp³-hybridized carbons (Fsp3) is 0.889. The fourth-order valence-corrected chi connectivity index (χ4v) is 1.64. The van der Waals surface area contributed by atoms with Gasteiger partial charge in [-0.2, -0.15) is 0 Å². The molecule has 1 unspecified atom stereocenters. The van der Waals surface area contributed by atoms with E-state index in [1.807, 2.05) is 0 Å². The lowest BCUT2D eigenvalue weighted by Crippen LogP contribution is -2.63. The zero-order valence-corrected chi connectivity index (χ0v) is 8.73. The van der Waals surface area contributed by atoms with Crippen molar-refractivity contribution in [2.24, 2.45) is 0 Å². The molecule has 1 aliphatic heterocycles. The van der Waals surface area contributed by atoms with Crippen molar-refractivity contribution in [3.63, 3.8) is 0 Å². The molecule has 1 aliphatic rings. The van der Waals surface area contributed by atoms with Crippen LogP contribution in [0.4, 0.5) is 0 Å². The van der Waals surface area contributed by atoms with Crippen molar-refractivity contribution in [1.29, 1.82) is 0 Å². The molecule has 0 bridgehead atoms. The van der Waals surface area contributed by atoms with Gasteiger partial charge in [0.2, 0.25) is 5.91 Å². The summed E-state index contributed by atoms with van der Waals surface area (Å²) in [6.07, 6.45) is -4.53. The van der Waals surface area contributed by atoms with Crippen LogP contribution in [0.2, 0.25) is 0 Å². The van der Waals surface area contributed by atoms with Gasteiger partial charge in [-0.05, 0) is 6.92 Å². The molecule has 4 N–H and O–H groups in total. The standard InChI is InChI=1S/C9H17NO5/c1-5(12)10-9(2)3-6(13)7(4-11)15-8(9)14/h6-8,11,13-14H,3-4H2,1-2H3,(H,10,12)/t6-,7+,8?,9-/m0/s1/i8D. The van der Waals surface area contributed by atoms with E-state index < -0.39 is 36.5 Å². The maximum atomic E-state index is 11.0. The molecule has 0 aromatic heterocycles. The highest BCUT2D eigenvalue weighted by Gasteiger charge is 2.45. The van der Waals surface area contributed by atoms with Gasteiger partial charge in [0.1, 0.15) is 6.10 Å². The van der Waals surface area contributed by atoms with Crippen LogP contribution < -0.4 is 5.32 Å². The SMILES string of the molecule is [2H]C1(O)O[C@H](CO)[C@@H](O)C[C@]1(C)NC(C)=O. The summed E-state index contributed by atoms with van der Waals surface area (Å²) in [5.74, 6) is -0.438. The second kappa shape index (κ2) is 4.44. The molecule has 1 rings (SSSR count). The van der Waals surface area contributed by atoms with Crippen LogP contribution >= 0.6 is 0 Å². The third-order valence-corrected chi connectivity index (χ3v) is 2.41. The number of ether oxygens (including phenoxy) is 1. The molecule has 0 aromatic carbocycles. The van der Waals surface area contributed by atoms with Gasteiger partial charge in [0, 0.05) is 13.3 Å². The summed E-state index contributed by atoms with van der Waals surface area (Å²) in [5.41, 5.74) is -1.41. The van der Waals surface area contributed by atoms with E-state index >= 15 is 0 Å². The van der Waals surface area contributed by atoms with Gasteiger partial charge < -0.3 is 25.4 Å². The Morgan fingerprint density at radius 1 is 1.73 bits per heavy atom. The van der Waals surface area contributed by atoms with E-state index in [2.05, 4.69) is 5.32 Å². The first-order valence-electron chi connectivity index (χ1n) is 5.20. The molecule has 88 valence electrons. The van der Waals surface area contributed by atoms with E-state index in [9.17, 15) is 15.0 Å². The van der Waals surface area contributed by atoms with Gasteiger partial charge in [0.05, 0.1) is 19.6 Å². The minimum atomic E-state index is -2.38. The summed E-state index contributed by atoms with van der Waals surface area (Å²) in [4.78, 5) is 11.0. The highest BCUT2D eigenvalue weighted by molar-refractivity contribution is 5.73. The number of hydrogen-bond acceptors (Lipinski definition) is 5. The summed E-state index contributed by atoms with van der Waals surface area (Å²) in [5, 5.41) is 30.6. The lowest BCUT2D eigenvalue weighted by Gasteiger charge is -2.43. The van der Waals surface area contributed by atoms with E-state index in [0.717, 1.165) is 0 Å². The quantitative estimate of drug-likeness (QED) is 0.446. The van der Waals surface area contributed by atoms with E-state index in [4.69, 9.17) is 11.2 Å². The highest BCUT2D eigenvalue weighted by atomic mass is 16.6. The predicted molar refractivity (Wildman–Crippen MR) is 50.8 cm³/mol. The Kier molecular flexibility index (Phi) is 3.20. The van der Waals surface area contributed by atoms with Crippen LogP contribution in [0.15, 0.2) is 0 Å². The Labute approximate surface area is 89.3 Å². The molecule has 6 heteroatoms. The average Bonchev–Trinajstić information content (AvgIpc) is 2.10. The van der Waals surface area contributed by atoms with Crippen LogP contribution in [0, 0.1) is 0 Å². The Morgan fingerprint density at radius 3 is 2.80 bits per heavy atom. The first-order chi connectivity index (χ1) is 7.22. The minimum Gasteiger partial charge on any atom is -0.394 e. The molecule has 1 saturated heterocycles. The Balaban J connectivity index is 2.90. The molecule has 0 radical (unpaired) electrons. The zero-order chi connectivity index (χ0) is 12.6. The van der Waals surface area contributed by atoms with Crippen LogP contribution in [0.3, 0.4) is 0 Å². The van der Waals surface area contributed by atoms with E-state index in [-0.39, 0.29) is 6.42 Å². The number of hydrogen-bond donors (Lipinski definition) is 4. The fourth-order valence-electron chi connectivity index (χ4n) is 1.64. The minimum absolute atomic E-state index is 0.0716. The van der Waals surface area contributed by atoms with Crippen LogP contribution in [0.1, 0.15) is 21.6 Å². The predicted octanol–water partition coefficient (Wildman–Crippen LogP) is -1.66. The first-order valence-corrected chi connectivity index (χ1v) is 4.70. The van der Waals surface area contributed by atoms with Crippen molar-refractivity contribution in [3.8, 4) is 0 Å². The van der Waals surface area contributed by atoms with Crippen molar-refractivity contribution in [2.45, 2.75) is 44.3 Å². The summed E-state index contributed by atoms with van der Waals surface area (Å²) in [7, 11) is 0. The third kappa shape index (κ3) is 2.66. The maximum absolute atomic E-state index is 11.0. The van der Waals surface area contributed by atoms with E-state index in [1.165, 1.54) is 13.8 Å². The van der Waals surface area contributed by atoms with Crippen molar-refractivity contribution >= 4 is 5.91 Å². The molecule has 0 aliphatic carbocycles. The van der Waals surface area contributed by atoms with Gasteiger partial charge >= 0.3 is 0 Å². The number of nitrogens with one attached hydrogen (secondary N) is 1.